The Morgan fingerprint density at radius 3 is 1.55 bits per heavy atom. The van der Waals surface area contributed by atoms with Crippen LogP contribution in [-0.2, 0) is 4.74 Å². The summed E-state index contributed by atoms with van der Waals surface area (Å²) in [4.78, 5) is 0. The summed E-state index contributed by atoms with van der Waals surface area (Å²) in [6, 6.07) is 5.04. The lowest BCUT2D eigenvalue weighted by Crippen LogP contribution is -1.77. The van der Waals surface area contributed by atoms with Gasteiger partial charge in [0.2, 0.25) is 0 Å². The molecule has 0 unspecified atom stereocenters. The summed E-state index contributed by atoms with van der Waals surface area (Å²) in [7, 11) is 0. The normalized spacial score (nSPS) is 13.3. The van der Waals surface area contributed by atoms with Gasteiger partial charge >= 0.3 is 0 Å². The molecular weight excluding hydrogens is 150 g/mol. The Morgan fingerprint density at radius 2 is 1.36 bits per heavy atom. The molecule has 0 bridgehead atoms. The van der Waals surface area contributed by atoms with Crippen LogP contribution in [-0.4, -0.2) is 13.2 Å². The summed E-state index contributed by atoms with van der Waals surface area (Å²) in [5.74, 6) is -1.60. The van der Waals surface area contributed by atoms with Crippen LogP contribution in [0.15, 0.2) is 24.3 Å². The van der Waals surface area contributed by atoms with Gasteiger partial charge in [0.25, 0.3) is 0 Å². The standard InChI is InChI=1S/C6H4F2.C2H4O/c7-5-3-1-2-4-6(5)8;1-2-3-1/h1-4H;1-2H2. The number of halogens is 2. The maximum Gasteiger partial charge on any atom is 0.158 e. The predicted molar refractivity (Wildman–Crippen MR) is 37.2 cm³/mol. The zero-order valence-corrected chi connectivity index (χ0v) is 5.89. The second-order valence-electron chi connectivity index (χ2n) is 2.03. The molecule has 0 aliphatic carbocycles. The summed E-state index contributed by atoms with van der Waals surface area (Å²) >= 11 is 0. The van der Waals surface area contributed by atoms with Crippen molar-refractivity contribution in [3.8, 4) is 0 Å². The first-order valence-corrected chi connectivity index (χ1v) is 3.28. The molecule has 1 aliphatic heterocycles. The Bertz CT molecular complexity index is 199. The van der Waals surface area contributed by atoms with E-state index in [-0.39, 0.29) is 0 Å². The minimum atomic E-state index is -0.799. The topological polar surface area (TPSA) is 12.5 Å². The molecule has 0 saturated carbocycles. The van der Waals surface area contributed by atoms with E-state index in [4.69, 9.17) is 0 Å². The predicted octanol–water partition coefficient (Wildman–Crippen LogP) is 1.98. The molecule has 60 valence electrons. The van der Waals surface area contributed by atoms with Crippen LogP contribution in [0, 0.1) is 11.6 Å². The van der Waals surface area contributed by atoms with Gasteiger partial charge in [-0.1, -0.05) is 12.1 Å². The van der Waals surface area contributed by atoms with Crippen molar-refractivity contribution in [2.45, 2.75) is 0 Å². The lowest BCUT2D eigenvalue weighted by atomic mass is 10.3. The molecule has 1 fully saturated rings. The van der Waals surface area contributed by atoms with Gasteiger partial charge in [-0.3, -0.25) is 0 Å². The average molecular weight is 158 g/mol. The molecule has 1 aliphatic rings. The first-order valence-electron chi connectivity index (χ1n) is 3.28. The fourth-order valence-electron chi connectivity index (χ4n) is 0.439. The van der Waals surface area contributed by atoms with Crippen molar-refractivity contribution >= 4 is 0 Å². The second kappa shape index (κ2) is 4.03. The molecule has 3 heteroatoms. The van der Waals surface area contributed by atoms with Crippen molar-refractivity contribution in [1.29, 1.82) is 0 Å². The Hall–Kier alpha value is -0.960. The molecular formula is C8H8F2O. The van der Waals surface area contributed by atoms with E-state index < -0.39 is 11.6 Å². The summed E-state index contributed by atoms with van der Waals surface area (Å²) in [6.45, 7) is 2.00. The number of epoxide rings is 1. The van der Waals surface area contributed by atoms with Crippen LogP contribution in [0.4, 0.5) is 8.78 Å². The Morgan fingerprint density at radius 1 is 1.00 bits per heavy atom. The lowest BCUT2D eigenvalue weighted by Gasteiger charge is -1.85. The smallest absolute Gasteiger partial charge is 0.158 e. The molecule has 0 radical (unpaired) electrons. The van der Waals surface area contributed by atoms with Crippen LogP contribution >= 0.6 is 0 Å². The number of benzene rings is 1. The fraction of sp³-hybridized carbons (Fsp3) is 0.250. The third-order valence-corrected chi connectivity index (χ3v) is 1.03. The van der Waals surface area contributed by atoms with Crippen molar-refractivity contribution in [2.24, 2.45) is 0 Å². The molecule has 0 spiro atoms. The van der Waals surface area contributed by atoms with Gasteiger partial charge in [-0.05, 0) is 12.1 Å². The molecule has 1 saturated heterocycles. The molecule has 0 atom stereocenters. The minimum Gasteiger partial charge on any atom is -0.377 e. The van der Waals surface area contributed by atoms with Crippen LogP contribution in [0.25, 0.3) is 0 Å². The Kier molecular flexibility index (Phi) is 2.98. The van der Waals surface area contributed by atoms with E-state index in [0.717, 1.165) is 25.3 Å². The number of ether oxygens (including phenoxy) is 1. The van der Waals surface area contributed by atoms with Crippen molar-refractivity contribution in [2.75, 3.05) is 13.2 Å². The summed E-state index contributed by atoms with van der Waals surface area (Å²) < 4.78 is 28.4. The lowest BCUT2D eigenvalue weighted by molar-refractivity contribution is 0.475. The maximum absolute atomic E-state index is 11.9. The van der Waals surface area contributed by atoms with Gasteiger partial charge in [0.15, 0.2) is 11.6 Å². The number of hydrogen-bond acceptors (Lipinski definition) is 1. The van der Waals surface area contributed by atoms with Gasteiger partial charge in [-0.25, -0.2) is 8.78 Å². The van der Waals surface area contributed by atoms with E-state index >= 15 is 0 Å². The molecule has 0 amide bonds. The third kappa shape index (κ3) is 3.68. The zero-order chi connectivity index (χ0) is 8.10. The minimum absolute atomic E-state index is 0.799. The van der Waals surface area contributed by atoms with Gasteiger partial charge in [0, 0.05) is 0 Å². The SMILES string of the molecule is C1CO1.Fc1ccccc1F. The molecule has 0 aromatic heterocycles. The van der Waals surface area contributed by atoms with E-state index in [1.807, 2.05) is 0 Å². The quantitative estimate of drug-likeness (QED) is 0.526. The number of rotatable bonds is 0. The highest BCUT2D eigenvalue weighted by atomic mass is 19.2. The molecule has 1 heterocycles. The Labute approximate surface area is 63.6 Å². The monoisotopic (exact) mass is 158 g/mol. The van der Waals surface area contributed by atoms with Crippen LogP contribution in [0.5, 0.6) is 0 Å². The van der Waals surface area contributed by atoms with Crippen LogP contribution < -0.4 is 0 Å². The van der Waals surface area contributed by atoms with E-state index in [9.17, 15) is 8.78 Å². The van der Waals surface area contributed by atoms with Crippen molar-refractivity contribution < 1.29 is 13.5 Å². The first-order chi connectivity index (χ1) is 5.30. The molecule has 0 N–H and O–H groups in total. The van der Waals surface area contributed by atoms with E-state index in [1.54, 1.807) is 0 Å². The molecule has 11 heavy (non-hydrogen) atoms. The van der Waals surface area contributed by atoms with Gasteiger partial charge in [-0.15, -0.1) is 0 Å². The van der Waals surface area contributed by atoms with E-state index in [1.165, 1.54) is 12.1 Å². The van der Waals surface area contributed by atoms with E-state index in [0.29, 0.717) is 0 Å². The van der Waals surface area contributed by atoms with Crippen molar-refractivity contribution in [3.05, 3.63) is 35.9 Å². The van der Waals surface area contributed by atoms with E-state index in [2.05, 4.69) is 4.74 Å². The highest BCUT2D eigenvalue weighted by molar-refractivity contribution is 5.05. The number of hydrogen-bond donors (Lipinski definition) is 0. The van der Waals surface area contributed by atoms with Gasteiger partial charge < -0.3 is 4.74 Å². The zero-order valence-electron chi connectivity index (χ0n) is 5.89. The van der Waals surface area contributed by atoms with Crippen molar-refractivity contribution in [1.82, 2.24) is 0 Å². The fourth-order valence-corrected chi connectivity index (χ4v) is 0.439. The Balaban J connectivity index is 0.000000167. The summed E-state index contributed by atoms with van der Waals surface area (Å²) in [5, 5.41) is 0. The third-order valence-electron chi connectivity index (χ3n) is 1.03. The second-order valence-corrected chi connectivity index (χ2v) is 2.03. The highest BCUT2D eigenvalue weighted by Gasteiger charge is 1.94. The molecule has 1 aromatic carbocycles. The summed E-state index contributed by atoms with van der Waals surface area (Å²) in [5.41, 5.74) is 0. The van der Waals surface area contributed by atoms with Crippen LogP contribution in [0.2, 0.25) is 0 Å². The van der Waals surface area contributed by atoms with Crippen molar-refractivity contribution in [3.63, 3.8) is 0 Å². The molecule has 1 nitrogen and oxygen atoms in total. The van der Waals surface area contributed by atoms with Gasteiger partial charge in [-0.2, -0.15) is 0 Å². The molecule has 1 aromatic rings. The molecule has 2 rings (SSSR count). The first kappa shape index (κ1) is 8.14. The largest absolute Gasteiger partial charge is 0.377 e. The highest BCUT2D eigenvalue weighted by Crippen LogP contribution is 2.01. The van der Waals surface area contributed by atoms with Gasteiger partial charge in [0.05, 0.1) is 13.2 Å². The average Bonchev–Trinajstić information content (AvgIpc) is 2.80. The maximum atomic E-state index is 11.9. The van der Waals surface area contributed by atoms with Crippen LogP contribution in [0.3, 0.4) is 0 Å². The van der Waals surface area contributed by atoms with Gasteiger partial charge in [0.1, 0.15) is 0 Å². The summed E-state index contributed by atoms with van der Waals surface area (Å²) in [6.07, 6.45) is 0. The van der Waals surface area contributed by atoms with Crippen LogP contribution in [0.1, 0.15) is 0 Å².